The third-order valence-electron chi connectivity index (χ3n) is 1.96. The molecule has 0 saturated carbocycles. The van der Waals surface area contributed by atoms with Crippen molar-refractivity contribution < 1.29 is 14.0 Å². The van der Waals surface area contributed by atoms with Gasteiger partial charge in [-0.05, 0) is 0 Å². The minimum atomic E-state index is -1.23. The Morgan fingerprint density at radius 1 is 0.526 bits per heavy atom. The molecule has 7 heteroatoms. The van der Waals surface area contributed by atoms with Crippen LogP contribution in [0, 0.1) is 0 Å². The molecular weight excluding hydrogens is 287 g/mol. The van der Waals surface area contributed by atoms with Crippen molar-refractivity contribution in [3.05, 3.63) is 0 Å². The molecule has 0 saturated heterocycles. The van der Waals surface area contributed by atoms with E-state index in [1.165, 1.54) is 0 Å². The molecule has 0 atom stereocenters. The van der Waals surface area contributed by atoms with E-state index in [0.29, 0.717) is 0 Å². The lowest BCUT2D eigenvalue weighted by molar-refractivity contribution is 0.135. The van der Waals surface area contributed by atoms with Gasteiger partial charge in [-0.3, -0.25) is 0 Å². The van der Waals surface area contributed by atoms with Gasteiger partial charge in [-0.1, -0.05) is 58.9 Å². The minimum Gasteiger partial charge on any atom is -0.389 e. The second kappa shape index (κ2) is 7.56. The molecule has 0 aromatic carbocycles. The van der Waals surface area contributed by atoms with E-state index in [1.807, 2.05) is 0 Å². The van der Waals surface area contributed by atoms with Crippen LogP contribution in [0.2, 0.25) is 58.9 Å². The highest BCUT2D eigenvalue weighted by atomic mass is 28.3. The van der Waals surface area contributed by atoms with Crippen LogP contribution in [0.25, 0.3) is 0 Å². The second-order valence-corrected chi connectivity index (χ2v) is 25.1. The predicted octanol–water partition coefficient (Wildman–Crippen LogP) is 3.65. The highest BCUT2D eigenvalue weighted by molar-refractivity contribution is 6.77. The summed E-state index contributed by atoms with van der Waals surface area (Å²) in [6.45, 7) is 20.6. The van der Waals surface area contributed by atoms with Gasteiger partial charge in [-0.15, -0.1) is 0 Å². The molecule has 0 aliphatic heterocycles. The lowest BCUT2D eigenvalue weighted by Crippen LogP contribution is -2.42. The first-order chi connectivity index (χ1) is 8.29. The third-order valence-corrected chi connectivity index (χ3v) is 5.06. The van der Waals surface area contributed by atoms with E-state index in [1.54, 1.807) is 0 Å². The van der Waals surface area contributed by atoms with Gasteiger partial charge in [0.25, 0.3) is 0 Å². The van der Waals surface area contributed by atoms with Crippen molar-refractivity contribution in [2.24, 2.45) is 0 Å². The molecule has 0 heterocycles. The summed E-state index contributed by atoms with van der Waals surface area (Å²) in [4.78, 5) is 0. The Bertz CT molecular complexity index is 214. The molecule has 0 N–H and O–H groups in total. The quantitative estimate of drug-likeness (QED) is 0.607. The first-order valence-corrected chi connectivity index (χ1v) is 18.3. The van der Waals surface area contributed by atoms with Crippen LogP contribution >= 0.6 is 0 Å². The van der Waals surface area contributed by atoms with Crippen molar-refractivity contribution in [1.82, 2.24) is 0 Å². The van der Waals surface area contributed by atoms with Gasteiger partial charge in [0, 0.05) is 18.7 Å². The topological polar surface area (TPSA) is 27.7 Å². The third kappa shape index (κ3) is 14.8. The first kappa shape index (κ1) is 19.6. The van der Waals surface area contributed by atoms with Crippen LogP contribution < -0.4 is 0 Å². The smallest absolute Gasteiger partial charge is 0.389 e. The lowest BCUT2D eigenvalue weighted by Gasteiger charge is -2.25. The molecule has 19 heavy (non-hydrogen) atoms. The zero-order valence-electron chi connectivity index (χ0n) is 14.4. The molecule has 0 radical (unpaired) electrons. The van der Waals surface area contributed by atoms with Gasteiger partial charge in [0.1, 0.15) is 0 Å². The molecule has 0 fully saturated rings. The highest BCUT2D eigenvalue weighted by Gasteiger charge is 2.29. The summed E-state index contributed by atoms with van der Waals surface area (Å²) in [5.41, 5.74) is 0. The Balaban J connectivity index is 4.30. The molecule has 3 nitrogen and oxygen atoms in total. The Morgan fingerprint density at radius 2 is 0.737 bits per heavy atom. The van der Waals surface area contributed by atoms with Crippen molar-refractivity contribution in [2.45, 2.75) is 58.9 Å². The van der Waals surface area contributed by atoms with E-state index in [0.717, 1.165) is 18.7 Å². The van der Waals surface area contributed by atoms with Crippen LogP contribution in [0.5, 0.6) is 0 Å². The number of hydrogen-bond acceptors (Lipinski definition) is 3. The molecule has 0 unspecified atom stereocenters. The molecule has 0 aromatic rings. The van der Waals surface area contributed by atoms with E-state index >= 15 is 0 Å². The van der Waals surface area contributed by atoms with E-state index in [9.17, 15) is 0 Å². The summed E-state index contributed by atoms with van der Waals surface area (Å²) in [5.74, 6) is 0. The molecule has 114 valence electrons. The van der Waals surface area contributed by atoms with Crippen molar-refractivity contribution in [3.8, 4) is 0 Å². The minimum absolute atomic E-state index is 0.467. The maximum atomic E-state index is 5.86. The summed E-state index contributed by atoms with van der Waals surface area (Å²) < 4.78 is 17.6. The van der Waals surface area contributed by atoms with E-state index in [2.05, 4.69) is 58.9 Å². The summed E-state index contributed by atoms with van der Waals surface area (Å²) >= 11 is 0. The maximum absolute atomic E-state index is 5.86. The summed E-state index contributed by atoms with van der Waals surface area (Å²) in [6.07, 6.45) is 2.36. The van der Waals surface area contributed by atoms with Crippen molar-refractivity contribution in [3.63, 3.8) is 0 Å². The van der Waals surface area contributed by atoms with Crippen molar-refractivity contribution in [2.75, 3.05) is 18.7 Å². The predicted molar refractivity (Wildman–Crippen MR) is 93.6 cm³/mol. The fourth-order valence-corrected chi connectivity index (χ4v) is 3.01. The largest absolute Gasteiger partial charge is 0.638 e. The van der Waals surface area contributed by atoms with Crippen LogP contribution in [0.4, 0.5) is 0 Å². The molecular formula is C12H33BO3Si3. The SMILES string of the molecule is C[Si](C)(C)COB(OC[Si](C)(C)C)OC[Si](C)(C)C. The van der Waals surface area contributed by atoms with Crippen molar-refractivity contribution >= 4 is 31.5 Å². The highest BCUT2D eigenvalue weighted by Crippen LogP contribution is 2.09. The van der Waals surface area contributed by atoms with Crippen molar-refractivity contribution in [1.29, 1.82) is 0 Å². The van der Waals surface area contributed by atoms with Gasteiger partial charge >= 0.3 is 7.32 Å². The van der Waals surface area contributed by atoms with E-state index < -0.39 is 31.5 Å². The second-order valence-electron chi connectivity index (χ2n) is 8.90. The average molecular weight is 320 g/mol. The standard InChI is InChI=1S/C12H33BO3Si3/c1-17(2,3)10-14-13(15-11-18(4,5)6)16-12-19(7,8)9/h10-12H2,1-9H3. The normalized spacial score (nSPS) is 13.7. The zero-order valence-corrected chi connectivity index (χ0v) is 17.4. The monoisotopic (exact) mass is 320 g/mol. The molecule has 0 aliphatic carbocycles. The Hall–Kier alpha value is 0.596. The molecule has 0 bridgehead atoms. The van der Waals surface area contributed by atoms with E-state index in [4.69, 9.17) is 14.0 Å². The van der Waals surface area contributed by atoms with Gasteiger partial charge in [0.15, 0.2) is 0 Å². The lowest BCUT2D eigenvalue weighted by atomic mass is 10.2. The molecule has 0 spiro atoms. The van der Waals surface area contributed by atoms with Gasteiger partial charge in [0.2, 0.25) is 0 Å². The Labute approximate surface area is 123 Å². The summed E-state index contributed by atoms with van der Waals surface area (Å²) in [6, 6.07) is 0. The van der Waals surface area contributed by atoms with Gasteiger partial charge < -0.3 is 14.0 Å². The molecule has 0 rings (SSSR count). The maximum Gasteiger partial charge on any atom is 0.638 e. The van der Waals surface area contributed by atoms with Gasteiger partial charge in [-0.2, -0.15) is 0 Å². The Morgan fingerprint density at radius 3 is 0.895 bits per heavy atom. The van der Waals surface area contributed by atoms with Crippen LogP contribution in [-0.2, 0) is 14.0 Å². The Kier molecular flexibility index (Phi) is 7.80. The van der Waals surface area contributed by atoms with Crippen LogP contribution in [-0.4, -0.2) is 50.2 Å². The average Bonchev–Trinajstić information content (AvgIpc) is 2.11. The molecule has 0 aromatic heterocycles. The van der Waals surface area contributed by atoms with Crippen LogP contribution in [0.1, 0.15) is 0 Å². The molecule has 0 aliphatic rings. The summed E-state index contributed by atoms with van der Waals surface area (Å²) in [5, 5.41) is 0. The number of hydrogen-bond donors (Lipinski definition) is 0. The molecule has 0 amide bonds. The van der Waals surface area contributed by atoms with Gasteiger partial charge in [-0.25, -0.2) is 0 Å². The summed E-state index contributed by atoms with van der Waals surface area (Å²) in [7, 11) is -4.16. The van der Waals surface area contributed by atoms with Crippen LogP contribution in [0.15, 0.2) is 0 Å². The fourth-order valence-electron chi connectivity index (χ4n) is 1.10. The fraction of sp³-hybridized carbons (Fsp3) is 1.00. The van der Waals surface area contributed by atoms with Gasteiger partial charge in [0.05, 0.1) is 24.2 Å². The first-order valence-electron chi connectivity index (χ1n) is 7.13. The van der Waals surface area contributed by atoms with E-state index in [-0.39, 0.29) is 0 Å². The number of rotatable bonds is 9. The zero-order chi connectivity index (χ0) is 15.3. The van der Waals surface area contributed by atoms with Crippen LogP contribution in [0.3, 0.4) is 0 Å².